The van der Waals surface area contributed by atoms with E-state index in [-0.39, 0.29) is 57.8 Å². The molecule has 26 heavy (non-hydrogen) atoms. The van der Waals surface area contributed by atoms with Gasteiger partial charge in [-0.05, 0) is 42.4 Å². The zero-order valence-corrected chi connectivity index (χ0v) is 15.4. The molecule has 2 aromatic carbocycles. The average molecular weight is 424 g/mol. The van der Waals surface area contributed by atoms with Crippen molar-refractivity contribution in [2.45, 2.75) is 31.1 Å². The van der Waals surface area contributed by atoms with Crippen molar-refractivity contribution < 1.29 is 27.0 Å². The van der Waals surface area contributed by atoms with Crippen molar-refractivity contribution in [3.05, 3.63) is 71.3 Å². The monoisotopic (exact) mass is 424 g/mol. The Bertz CT molecular complexity index is 813. The van der Waals surface area contributed by atoms with Gasteiger partial charge in [-0.15, -0.1) is 0 Å². The van der Waals surface area contributed by atoms with E-state index in [1.54, 1.807) is 0 Å². The van der Waals surface area contributed by atoms with Crippen molar-refractivity contribution in [3.8, 4) is 0 Å². The molecule has 0 spiro atoms. The van der Waals surface area contributed by atoms with Crippen LogP contribution >= 0.6 is 8.25 Å². The van der Waals surface area contributed by atoms with Crippen molar-refractivity contribution in [2.24, 2.45) is 0 Å². The van der Waals surface area contributed by atoms with Gasteiger partial charge in [0, 0.05) is 0 Å². The molecule has 0 aliphatic heterocycles. The number of benzene rings is 2. The first-order valence-electron chi connectivity index (χ1n) is 7.82. The zero-order chi connectivity index (χ0) is 18.3. The van der Waals surface area contributed by atoms with E-state index in [1.165, 1.54) is 5.56 Å². The standard InChI is InChI=1S/C17H21O6PS.K.H/c18-24(19)23-17(25(20,21)22)11-5-9-15-8-4-10-16(13-15)12-14-6-2-1-3-7-14;;/h1-4,6-8,10,13,17,24H,5,9,11-12H2,(H,18,19)(H,20,21,22);;. The van der Waals surface area contributed by atoms with Crippen LogP contribution in [0.3, 0.4) is 0 Å². The number of aryl methyl sites for hydroxylation is 1. The quantitative estimate of drug-likeness (QED) is 0.365. The van der Waals surface area contributed by atoms with Gasteiger partial charge in [0.15, 0.2) is 5.44 Å². The summed E-state index contributed by atoms with van der Waals surface area (Å²) in [7, 11) is -7.96. The van der Waals surface area contributed by atoms with E-state index in [9.17, 15) is 13.0 Å². The molecule has 2 atom stereocenters. The summed E-state index contributed by atoms with van der Waals surface area (Å²) in [6.45, 7) is 0. The van der Waals surface area contributed by atoms with Gasteiger partial charge < -0.3 is 4.89 Å². The first-order chi connectivity index (χ1) is 11.8. The summed E-state index contributed by atoms with van der Waals surface area (Å²) >= 11 is 0. The van der Waals surface area contributed by atoms with Crippen LogP contribution in [-0.2, 0) is 32.0 Å². The third kappa shape index (κ3) is 8.88. The predicted molar refractivity (Wildman–Crippen MR) is 103 cm³/mol. The molecule has 0 bridgehead atoms. The van der Waals surface area contributed by atoms with Crippen LogP contribution in [0.4, 0.5) is 0 Å². The van der Waals surface area contributed by atoms with Crippen LogP contribution in [0.25, 0.3) is 0 Å². The van der Waals surface area contributed by atoms with E-state index in [1.807, 2.05) is 42.5 Å². The molecule has 6 nitrogen and oxygen atoms in total. The summed E-state index contributed by atoms with van der Waals surface area (Å²) in [4.78, 5) is 8.73. The molecule has 2 rings (SSSR count). The second-order valence-corrected chi connectivity index (χ2v) is 8.03. The second-order valence-electron chi connectivity index (χ2n) is 5.70. The molecule has 0 aliphatic rings. The number of hydrogen-bond donors (Lipinski definition) is 2. The molecule has 2 aromatic rings. The van der Waals surface area contributed by atoms with E-state index >= 15 is 0 Å². The Morgan fingerprint density at radius 2 is 1.62 bits per heavy atom. The van der Waals surface area contributed by atoms with Gasteiger partial charge >= 0.3 is 59.6 Å². The fourth-order valence-electron chi connectivity index (χ4n) is 2.58. The Labute approximate surface area is 197 Å². The first-order valence-corrected chi connectivity index (χ1v) is 10.6. The molecular formula is C17H22KO6PS. The van der Waals surface area contributed by atoms with Crippen LogP contribution in [0.5, 0.6) is 0 Å². The van der Waals surface area contributed by atoms with E-state index in [0.29, 0.717) is 12.8 Å². The number of rotatable bonds is 9. The molecule has 138 valence electrons. The van der Waals surface area contributed by atoms with Crippen molar-refractivity contribution >= 4 is 69.8 Å². The topological polar surface area (TPSA) is 101 Å². The van der Waals surface area contributed by atoms with Gasteiger partial charge in [0.05, 0.1) is 0 Å². The van der Waals surface area contributed by atoms with Crippen molar-refractivity contribution in [3.63, 3.8) is 0 Å². The van der Waals surface area contributed by atoms with Crippen LogP contribution in [0.2, 0.25) is 0 Å². The Morgan fingerprint density at radius 3 is 2.23 bits per heavy atom. The summed E-state index contributed by atoms with van der Waals surface area (Å²) in [6.07, 6.45) is 1.72. The minimum absolute atomic E-state index is 0. The van der Waals surface area contributed by atoms with Gasteiger partial charge in [0.2, 0.25) is 0 Å². The Balaban J connectivity index is 0.00000338. The maximum absolute atomic E-state index is 11.2. The van der Waals surface area contributed by atoms with Crippen LogP contribution in [0, 0.1) is 0 Å². The molecule has 9 heteroatoms. The fraction of sp³-hybridized carbons (Fsp3) is 0.294. The first kappa shape index (κ1) is 24.2. The third-order valence-corrected chi connectivity index (χ3v) is 5.37. The van der Waals surface area contributed by atoms with Gasteiger partial charge in [0.25, 0.3) is 10.1 Å². The summed E-state index contributed by atoms with van der Waals surface area (Å²) in [5, 5.41) is 0. The van der Waals surface area contributed by atoms with Crippen molar-refractivity contribution in [1.82, 2.24) is 0 Å². The SMILES string of the molecule is O=[PH](O)OC(CCCc1cccc(Cc2ccccc2)c1)S(=O)(=O)O.[KH]. The summed E-state index contributed by atoms with van der Waals surface area (Å²) in [6, 6.07) is 18.0. The van der Waals surface area contributed by atoms with Crippen LogP contribution in [-0.4, -0.2) is 74.7 Å². The van der Waals surface area contributed by atoms with E-state index in [4.69, 9.17) is 9.45 Å². The molecule has 0 amide bonds. The van der Waals surface area contributed by atoms with Crippen LogP contribution in [0.1, 0.15) is 29.5 Å². The molecule has 0 aliphatic carbocycles. The average Bonchev–Trinajstić information content (AvgIpc) is 2.54. The zero-order valence-electron chi connectivity index (χ0n) is 13.5. The molecular weight excluding hydrogens is 402 g/mol. The summed E-state index contributed by atoms with van der Waals surface area (Å²) in [5.74, 6) is 0. The van der Waals surface area contributed by atoms with Crippen molar-refractivity contribution in [2.75, 3.05) is 0 Å². The summed E-state index contributed by atoms with van der Waals surface area (Å²) < 4.78 is 46.5. The maximum atomic E-state index is 11.2. The Hall–Kier alpha value is 0.136. The van der Waals surface area contributed by atoms with Crippen LogP contribution in [0.15, 0.2) is 54.6 Å². The molecule has 2 unspecified atom stereocenters. The summed E-state index contributed by atoms with van der Waals surface area (Å²) in [5.41, 5.74) is 1.70. The Morgan fingerprint density at radius 1 is 1.00 bits per heavy atom. The predicted octanol–water partition coefficient (Wildman–Crippen LogP) is 2.56. The van der Waals surface area contributed by atoms with E-state index in [0.717, 1.165) is 17.5 Å². The van der Waals surface area contributed by atoms with E-state index < -0.39 is 23.8 Å². The molecule has 2 N–H and O–H groups in total. The Kier molecular flexibility index (Phi) is 11.0. The minimum atomic E-state index is -4.52. The third-order valence-electron chi connectivity index (χ3n) is 3.71. The molecule has 0 fully saturated rings. The van der Waals surface area contributed by atoms with Crippen LogP contribution < -0.4 is 0 Å². The fourth-order valence-corrected chi connectivity index (χ4v) is 4.12. The van der Waals surface area contributed by atoms with Gasteiger partial charge in [-0.25, -0.2) is 0 Å². The normalized spacial score (nSPS) is 13.6. The van der Waals surface area contributed by atoms with Gasteiger partial charge in [-0.1, -0.05) is 54.6 Å². The van der Waals surface area contributed by atoms with E-state index in [2.05, 4.69) is 16.7 Å². The van der Waals surface area contributed by atoms with Gasteiger partial charge in [0.1, 0.15) is 0 Å². The molecule has 0 aromatic heterocycles. The van der Waals surface area contributed by atoms with Gasteiger partial charge in [-0.3, -0.25) is 13.6 Å². The number of hydrogen-bond acceptors (Lipinski definition) is 4. The molecule has 0 radical (unpaired) electrons. The molecule has 0 saturated carbocycles. The second kappa shape index (κ2) is 11.9. The van der Waals surface area contributed by atoms with Gasteiger partial charge in [-0.2, -0.15) is 8.42 Å². The molecule has 0 saturated heterocycles. The van der Waals surface area contributed by atoms with Crippen molar-refractivity contribution in [1.29, 1.82) is 0 Å². The molecule has 0 heterocycles.